The zero-order valence-corrected chi connectivity index (χ0v) is 18.5. The molecule has 0 unspecified atom stereocenters. The Morgan fingerprint density at radius 3 is 2.76 bits per heavy atom. The number of benzene rings is 2. The fraction of sp³-hybridized carbons (Fsp3) is 0.375. The van der Waals surface area contributed by atoms with Gasteiger partial charge in [-0.25, -0.2) is 4.99 Å². The molecule has 9 heteroatoms. The first-order valence-corrected chi connectivity index (χ1v) is 11.1. The van der Waals surface area contributed by atoms with E-state index >= 15 is 0 Å². The van der Waals surface area contributed by atoms with E-state index in [0.29, 0.717) is 11.6 Å². The van der Waals surface area contributed by atoms with Crippen LogP contribution in [0.2, 0.25) is 0 Å². The number of amides is 2. The average molecular weight is 450 g/mol. The highest BCUT2D eigenvalue weighted by Crippen LogP contribution is 2.32. The van der Waals surface area contributed by atoms with Gasteiger partial charge in [0.15, 0.2) is 11.5 Å². The van der Waals surface area contributed by atoms with Gasteiger partial charge in [-0.3, -0.25) is 19.8 Å². The third kappa shape index (κ3) is 4.93. The Balaban J connectivity index is 1.19. The predicted octanol–water partition coefficient (Wildman–Crippen LogP) is 1.72. The molecular weight excluding hydrogens is 422 g/mol. The van der Waals surface area contributed by atoms with Crippen molar-refractivity contribution in [3.63, 3.8) is 0 Å². The minimum absolute atomic E-state index is 0.0469. The van der Waals surface area contributed by atoms with Gasteiger partial charge < -0.3 is 19.7 Å². The molecule has 172 valence electrons. The van der Waals surface area contributed by atoms with Gasteiger partial charge in [-0.1, -0.05) is 18.2 Å². The second-order valence-electron chi connectivity index (χ2n) is 8.53. The van der Waals surface area contributed by atoms with Gasteiger partial charge in [-0.05, 0) is 42.3 Å². The molecule has 0 radical (unpaired) electrons. The molecule has 3 aliphatic rings. The maximum atomic E-state index is 12.7. The van der Waals surface area contributed by atoms with E-state index in [2.05, 4.69) is 26.6 Å². The summed E-state index contributed by atoms with van der Waals surface area (Å²) >= 11 is 0. The average Bonchev–Trinajstić information content (AvgIpc) is 3.27. The monoisotopic (exact) mass is 449 g/mol. The van der Waals surface area contributed by atoms with Crippen LogP contribution in [0.3, 0.4) is 0 Å². The second-order valence-corrected chi connectivity index (χ2v) is 8.53. The fourth-order valence-electron chi connectivity index (χ4n) is 4.25. The van der Waals surface area contributed by atoms with E-state index in [4.69, 9.17) is 9.47 Å². The van der Waals surface area contributed by atoms with Crippen molar-refractivity contribution in [3.8, 4) is 11.5 Å². The highest BCUT2D eigenvalue weighted by Gasteiger charge is 2.30. The fourth-order valence-corrected chi connectivity index (χ4v) is 4.25. The lowest BCUT2D eigenvalue weighted by molar-refractivity contribution is -0.125. The first-order chi connectivity index (χ1) is 16.0. The third-order valence-corrected chi connectivity index (χ3v) is 6.01. The lowest BCUT2D eigenvalue weighted by Gasteiger charge is -2.37. The first-order valence-electron chi connectivity index (χ1n) is 11.1. The number of fused-ring (bicyclic) bond motifs is 1. The van der Waals surface area contributed by atoms with Crippen molar-refractivity contribution in [2.45, 2.75) is 25.9 Å². The lowest BCUT2D eigenvalue weighted by Crippen LogP contribution is -2.56. The van der Waals surface area contributed by atoms with Crippen LogP contribution in [0.1, 0.15) is 17.5 Å². The van der Waals surface area contributed by atoms with Crippen LogP contribution in [0.25, 0.3) is 0 Å². The molecule has 0 aliphatic carbocycles. The summed E-state index contributed by atoms with van der Waals surface area (Å²) in [5.41, 5.74) is 2.93. The second kappa shape index (κ2) is 9.11. The molecule has 0 saturated carbocycles. The van der Waals surface area contributed by atoms with Gasteiger partial charge in [0.1, 0.15) is 6.04 Å². The minimum atomic E-state index is -0.735. The van der Waals surface area contributed by atoms with Crippen molar-refractivity contribution in [3.05, 3.63) is 53.6 Å². The quantitative estimate of drug-likeness (QED) is 0.738. The van der Waals surface area contributed by atoms with Crippen molar-refractivity contribution >= 4 is 23.5 Å². The van der Waals surface area contributed by atoms with Gasteiger partial charge in [0.25, 0.3) is 0 Å². The van der Waals surface area contributed by atoms with Crippen LogP contribution in [0, 0.1) is 6.92 Å². The maximum Gasteiger partial charge on any atom is 0.249 e. The van der Waals surface area contributed by atoms with Crippen molar-refractivity contribution in [2.75, 3.05) is 38.3 Å². The number of guanidine groups is 1. The molecule has 2 aromatic rings. The molecule has 1 fully saturated rings. The minimum Gasteiger partial charge on any atom is -0.454 e. The van der Waals surface area contributed by atoms with Gasteiger partial charge in [-0.15, -0.1) is 0 Å². The molecule has 2 N–H and O–H groups in total. The molecule has 0 spiro atoms. The zero-order chi connectivity index (χ0) is 22.8. The molecule has 3 aliphatic heterocycles. The van der Waals surface area contributed by atoms with E-state index in [-0.39, 0.29) is 25.0 Å². The Bertz CT molecular complexity index is 1090. The zero-order valence-electron chi connectivity index (χ0n) is 18.5. The van der Waals surface area contributed by atoms with E-state index in [1.807, 2.05) is 48.2 Å². The van der Waals surface area contributed by atoms with Crippen LogP contribution in [-0.4, -0.2) is 66.6 Å². The number of carbonyl (C=O) groups excluding carboxylic acids is 2. The Hall–Kier alpha value is -3.59. The number of anilines is 1. The van der Waals surface area contributed by atoms with Crippen molar-refractivity contribution in [2.24, 2.45) is 4.99 Å². The SMILES string of the molecule is Cc1cccc(NC(=O)[C@H]2CC(=O)NC(N3CCN(Cc4ccc5c(c4)OCO5)CC3)=N2)c1. The van der Waals surface area contributed by atoms with Crippen LogP contribution >= 0.6 is 0 Å². The van der Waals surface area contributed by atoms with Crippen molar-refractivity contribution in [1.29, 1.82) is 0 Å². The first kappa shape index (κ1) is 21.3. The van der Waals surface area contributed by atoms with Crippen LogP contribution in [0.4, 0.5) is 5.69 Å². The number of aliphatic imine (C=N–C) groups is 1. The molecule has 1 saturated heterocycles. The van der Waals surface area contributed by atoms with Crippen molar-refractivity contribution in [1.82, 2.24) is 15.1 Å². The molecular formula is C24H27N5O4. The summed E-state index contributed by atoms with van der Waals surface area (Å²) in [7, 11) is 0. The van der Waals surface area contributed by atoms with E-state index in [1.165, 1.54) is 5.56 Å². The van der Waals surface area contributed by atoms with Gasteiger partial charge in [0, 0.05) is 38.4 Å². The number of nitrogens with zero attached hydrogens (tertiary/aromatic N) is 3. The Kier molecular flexibility index (Phi) is 5.87. The summed E-state index contributed by atoms with van der Waals surface area (Å²) in [4.78, 5) is 34.0. The van der Waals surface area contributed by atoms with Gasteiger partial charge in [-0.2, -0.15) is 0 Å². The number of rotatable bonds is 4. The number of ether oxygens (including phenoxy) is 2. The number of aryl methyl sites for hydroxylation is 1. The van der Waals surface area contributed by atoms with Crippen LogP contribution < -0.4 is 20.1 Å². The van der Waals surface area contributed by atoms with E-state index in [1.54, 1.807) is 0 Å². The standard InChI is InChI=1S/C24H27N5O4/c1-16-3-2-4-18(11-16)25-23(31)19-13-22(30)27-24(26-19)29-9-7-28(8-10-29)14-17-5-6-20-21(12-17)33-15-32-20/h2-6,11-12,19H,7-10,13-15H2,1H3,(H,25,31)(H,26,27,30)/t19-/m1/s1. The highest BCUT2D eigenvalue weighted by molar-refractivity contribution is 6.06. The van der Waals surface area contributed by atoms with Crippen LogP contribution in [-0.2, 0) is 16.1 Å². The molecule has 1 atom stereocenters. The summed E-state index contributed by atoms with van der Waals surface area (Å²) in [6.07, 6.45) is 0.0469. The topological polar surface area (TPSA) is 95.5 Å². The highest BCUT2D eigenvalue weighted by atomic mass is 16.7. The lowest BCUT2D eigenvalue weighted by atomic mass is 10.1. The van der Waals surface area contributed by atoms with Crippen LogP contribution in [0.15, 0.2) is 47.5 Å². The molecule has 3 heterocycles. The summed E-state index contributed by atoms with van der Waals surface area (Å²) in [6, 6.07) is 12.9. The van der Waals surface area contributed by atoms with Gasteiger partial charge in [0.05, 0.1) is 6.42 Å². The number of piperazine rings is 1. The summed E-state index contributed by atoms with van der Waals surface area (Å²) in [5.74, 6) is 1.61. The molecule has 5 rings (SSSR count). The van der Waals surface area contributed by atoms with Gasteiger partial charge in [0.2, 0.25) is 24.6 Å². The van der Waals surface area contributed by atoms with E-state index < -0.39 is 6.04 Å². The largest absolute Gasteiger partial charge is 0.454 e. The predicted molar refractivity (Wildman–Crippen MR) is 123 cm³/mol. The molecule has 0 aromatic heterocycles. The molecule has 2 aromatic carbocycles. The normalized spacial score (nSPS) is 20.3. The summed E-state index contributed by atoms with van der Waals surface area (Å²) in [6.45, 7) is 6.13. The number of carbonyl (C=O) groups is 2. The third-order valence-electron chi connectivity index (χ3n) is 6.01. The maximum absolute atomic E-state index is 12.7. The Labute approximate surface area is 192 Å². The summed E-state index contributed by atoms with van der Waals surface area (Å²) in [5, 5.41) is 5.72. The number of nitrogens with one attached hydrogen (secondary N) is 2. The Morgan fingerprint density at radius 1 is 1.12 bits per heavy atom. The smallest absolute Gasteiger partial charge is 0.249 e. The van der Waals surface area contributed by atoms with Crippen LogP contribution in [0.5, 0.6) is 11.5 Å². The van der Waals surface area contributed by atoms with E-state index in [9.17, 15) is 9.59 Å². The molecule has 33 heavy (non-hydrogen) atoms. The van der Waals surface area contributed by atoms with E-state index in [0.717, 1.165) is 49.8 Å². The number of hydrogen-bond acceptors (Lipinski definition) is 7. The van der Waals surface area contributed by atoms with Gasteiger partial charge >= 0.3 is 0 Å². The number of hydrogen-bond donors (Lipinski definition) is 2. The molecule has 0 bridgehead atoms. The molecule has 9 nitrogen and oxygen atoms in total. The van der Waals surface area contributed by atoms with Crippen molar-refractivity contribution < 1.29 is 19.1 Å². The molecule has 2 amide bonds. The summed E-state index contributed by atoms with van der Waals surface area (Å²) < 4.78 is 10.8. The Morgan fingerprint density at radius 2 is 1.94 bits per heavy atom.